The van der Waals surface area contributed by atoms with Gasteiger partial charge in [0.05, 0.1) is 7.11 Å². The van der Waals surface area contributed by atoms with Crippen LogP contribution in [0.5, 0.6) is 17.2 Å². The minimum atomic E-state index is -1.13. The van der Waals surface area contributed by atoms with E-state index in [1.165, 1.54) is 27.2 Å². The van der Waals surface area contributed by atoms with Gasteiger partial charge < -0.3 is 24.3 Å². The Bertz CT molecular complexity index is 713. The molecule has 1 aliphatic heterocycles. The Morgan fingerprint density at radius 2 is 1.96 bits per heavy atom. The fourth-order valence-electron chi connectivity index (χ4n) is 2.10. The quantitative estimate of drug-likeness (QED) is 0.589. The van der Waals surface area contributed by atoms with Crippen LogP contribution in [0.1, 0.15) is 12.5 Å². The summed E-state index contributed by atoms with van der Waals surface area (Å²) in [7, 11) is 2.87. The zero-order valence-corrected chi connectivity index (χ0v) is 14.7. The molecule has 9 nitrogen and oxygen atoms in total. The standard InChI is InChI=1S/C17H20N2O7/c1-10(16(21)19-17(22)18-2)26-14(20)5-4-11-8-12(23-3)15-13(9-11)24-6-7-25-15/h4-5,8-10H,6-7H2,1-3H3,(H2,18,19,21,22)/b5-4+/t10-/m0/s1. The predicted octanol–water partition coefficient (Wildman–Crippen LogP) is 0.867. The van der Waals surface area contributed by atoms with Crippen molar-refractivity contribution < 1.29 is 33.3 Å². The van der Waals surface area contributed by atoms with E-state index in [9.17, 15) is 14.4 Å². The van der Waals surface area contributed by atoms with Crippen LogP contribution in [0, 0.1) is 0 Å². The molecule has 1 heterocycles. The molecule has 0 saturated heterocycles. The van der Waals surface area contributed by atoms with E-state index in [0.717, 1.165) is 6.08 Å². The van der Waals surface area contributed by atoms with Crippen molar-refractivity contribution in [3.63, 3.8) is 0 Å². The molecular weight excluding hydrogens is 344 g/mol. The number of nitrogens with one attached hydrogen (secondary N) is 2. The Hall–Kier alpha value is -3.23. The third kappa shape index (κ3) is 4.88. The second-order valence-corrected chi connectivity index (χ2v) is 5.23. The molecule has 3 amide bonds. The number of carbonyl (C=O) groups is 3. The highest BCUT2D eigenvalue weighted by atomic mass is 16.6. The average Bonchev–Trinajstić information content (AvgIpc) is 2.65. The van der Waals surface area contributed by atoms with Crippen molar-refractivity contribution in [3.8, 4) is 17.2 Å². The largest absolute Gasteiger partial charge is 0.493 e. The van der Waals surface area contributed by atoms with Crippen LogP contribution in [0.25, 0.3) is 6.08 Å². The molecule has 9 heteroatoms. The third-order valence-corrected chi connectivity index (χ3v) is 3.39. The summed E-state index contributed by atoms with van der Waals surface area (Å²) in [5, 5.41) is 4.25. The summed E-state index contributed by atoms with van der Waals surface area (Å²) in [4.78, 5) is 34.6. The van der Waals surface area contributed by atoms with E-state index in [-0.39, 0.29) is 0 Å². The second-order valence-electron chi connectivity index (χ2n) is 5.23. The summed E-state index contributed by atoms with van der Waals surface area (Å²) >= 11 is 0. The lowest BCUT2D eigenvalue weighted by Crippen LogP contribution is -2.43. The highest BCUT2D eigenvalue weighted by molar-refractivity contribution is 5.98. The Morgan fingerprint density at radius 3 is 2.65 bits per heavy atom. The maximum atomic E-state index is 11.9. The predicted molar refractivity (Wildman–Crippen MR) is 91.2 cm³/mol. The molecule has 0 aliphatic carbocycles. The molecule has 0 fully saturated rings. The Balaban J connectivity index is 2.01. The number of hydrogen-bond acceptors (Lipinski definition) is 7. The number of rotatable bonds is 5. The molecular formula is C17H20N2O7. The van der Waals surface area contributed by atoms with Gasteiger partial charge in [0.15, 0.2) is 17.6 Å². The Morgan fingerprint density at radius 1 is 1.23 bits per heavy atom. The summed E-state index contributed by atoms with van der Waals surface area (Å²) in [6.07, 6.45) is 1.53. The van der Waals surface area contributed by atoms with Crippen LogP contribution in [0.4, 0.5) is 4.79 Å². The second kappa shape index (κ2) is 8.75. The van der Waals surface area contributed by atoms with E-state index in [2.05, 4.69) is 5.32 Å². The molecule has 140 valence electrons. The maximum absolute atomic E-state index is 11.9. The zero-order chi connectivity index (χ0) is 19.1. The fraction of sp³-hybridized carbons (Fsp3) is 0.353. The van der Waals surface area contributed by atoms with Crippen LogP contribution >= 0.6 is 0 Å². The molecule has 2 rings (SSSR count). The molecule has 26 heavy (non-hydrogen) atoms. The summed E-state index contributed by atoms with van der Waals surface area (Å²) in [5.74, 6) is 0.0407. The lowest BCUT2D eigenvalue weighted by Gasteiger charge is -2.20. The number of fused-ring (bicyclic) bond motifs is 1. The van der Waals surface area contributed by atoms with Crippen molar-refractivity contribution in [3.05, 3.63) is 23.8 Å². The molecule has 1 aliphatic rings. The number of methoxy groups -OCH3 is 1. The van der Waals surface area contributed by atoms with E-state index >= 15 is 0 Å². The number of amides is 3. The van der Waals surface area contributed by atoms with Crippen LogP contribution in [0.3, 0.4) is 0 Å². The number of ether oxygens (including phenoxy) is 4. The molecule has 0 radical (unpaired) electrons. The summed E-state index contributed by atoms with van der Waals surface area (Å²) in [5.41, 5.74) is 0.630. The number of esters is 1. The third-order valence-electron chi connectivity index (χ3n) is 3.39. The Labute approximate surface area is 150 Å². The SMILES string of the molecule is CNC(=O)NC(=O)[C@H](C)OC(=O)/C=C/c1cc(OC)c2c(c1)OCCO2. The van der Waals surface area contributed by atoms with Gasteiger partial charge in [-0.25, -0.2) is 9.59 Å². The number of urea groups is 1. The van der Waals surface area contributed by atoms with Gasteiger partial charge in [-0.05, 0) is 30.7 Å². The minimum absolute atomic E-state index is 0.420. The summed E-state index contributed by atoms with van der Waals surface area (Å²) < 4.78 is 21.2. The molecule has 1 atom stereocenters. The van der Waals surface area contributed by atoms with Gasteiger partial charge in [0.25, 0.3) is 5.91 Å². The summed E-state index contributed by atoms with van der Waals surface area (Å²) in [6.45, 7) is 2.21. The first-order valence-electron chi connectivity index (χ1n) is 7.83. The van der Waals surface area contributed by atoms with Crippen LogP contribution in [-0.4, -0.2) is 51.4 Å². The highest BCUT2D eigenvalue weighted by Crippen LogP contribution is 2.40. The van der Waals surface area contributed by atoms with E-state index < -0.39 is 24.0 Å². The molecule has 0 unspecified atom stereocenters. The van der Waals surface area contributed by atoms with Gasteiger partial charge in [0.2, 0.25) is 5.75 Å². The maximum Gasteiger partial charge on any atom is 0.331 e. The number of imide groups is 1. The lowest BCUT2D eigenvalue weighted by atomic mass is 10.1. The molecule has 1 aromatic rings. The first kappa shape index (κ1) is 19.1. The van der Waals surface area contributed by atoms with Crippen LogP contribution in [-0.2, 0) is 14.3 Å². The van der Waals surface area contributed by atoms with E-state index in [1.807, 2.05) is 5.32 Å². The fourth-order valence-corrected chi connectivity index (χ4v) is 2.10. The minimum Gasteiger partial charge on any atom is -0.493 e. The number of hydrogen-bond donors (Lipinski definition) is 2. The van der Waals surface area contributed by atoms with Gasteiger partial charge in [-0.2, -0.15) is 0 Å². The first-order chi connectivity index (χ1) is 12.4. The number of benzene rings is 1. The molecule has 0 saturated carbocycles. The van der Waals surface area contributed by atoms with Gasteiger partial charge in [0, 0.05) is 13.1 Å². The first-order valence-corrected chi connectivity index (χ1v) is 7.83. The van der Waals surface area contributed by atoms with E-state index in [1.54, 1.807) is 12.1 Å². The van der Waals surface area contributed by atoms with Crippen LogP contribution < -0.4 is 24.8 Å². The van der Waals surface area contributed by atoms with Gasteiger partial charge >= 0.3 is 12.0 Å². The molecule has 2 N–H and O–H groups in total. The van der Waals surface area contributed by atoms with Crippen molar-refractivity contribution in [2.75, 3.05) is 27.4 Å². The van der Waals surface area contributed by atoms with Gasteiger partial charge in [0.1, 0.15) is 13.2 Å². The van der Waals surface area contributed by atoms with Crippen molar-refractivity contribution >= 4 is 24.0 Å². The monoisotopic (exact) mass is 364 g/mol. The van der Waals surface area contributed by atoms with E-state index in [0.29, 0.717) is 36.0 Å². The number of carbonyl (C=O) groups excluding carboxylic acids is 3. The van der Waals surface area contributed by atoms with Crippen LogP contribution in [0.15, 0.2) is 18.2 Å². The molecule has 0 aromatic heterocycles. The molecule has 0 bridgehead atoms. The smallest absolute Gasteiger partial charge is 0.331 e. The van der Waals surface area contributed by atoms with E-state index in [4.69, 9.17) is 18.9 Å². The molecule has 1 aromatic carbocycles. The van der Waals surface area contributed by atoms with Gasteiger partial charge in [-0.15, -0.1) is 0 Å². The van der Waals surface area contributed by atoms with Gasteiger partial charge in [-0.3, -0.25) is 10.1 Å². The average molecular weight is 364 g/mol. The van der Waals surface area contributed by atoms with Crippen molar-refractivity contribution in [1.29, 1.82) is 0 Å². The van der Waals surface area contributed by atoms with Crippen molar-refractivity contribution in [2.45, 2.75) is 13.0 Å². The van der Waals surface area contributed by atoms with Crippen LogP contribution in [0.2, 0.25) is 0 Å². The molecule has 0 spiro atoms. The van der Waals surface area contributed by atoms with Crippen molar-refractivity contribution in [2.24, 2.45) is 0 Å². The van der Waals surface area contributed by atoms with Crippen molar-refractivity contribution in [1.82, 2.24) is 10.6 Å². The van der Waals surface area contributed by atoms with Gasteiger partial charge in [-0.1, -0.05) is 0 Å². The summed E-state index contributed by atoms with van der Waals surface area (Å²) in [6, 6.07) is 2.69. The highest BCUT2D eigenvalue weighted by Gasteiger charge is 2.19. The lowest BCUT2D eigenvalue weighted by molar-refractivity contribution is -0.149. The zero-order valence-electron chi connectivity index (χ0n) is 14.7. The normalized spacial score (nSPS) is 13.7. The Kier molecular flexibility index (Phi) is 6.42. The topological polar surface area (TPSA) is 112 Å².